The average Bonchev–Trinajstić information content (AvgIpc) is 2.38. The van der Waals surface area contributed by atoms with Crippen LogP contribution in [-0.2, 0) is 9.47 Å². The Balaban J connectivity index is 2.16. The Labute approximate surface area is 112 Å². The summed E-state index contributed by atoms with van der Waals surface area (Å²) >= 11 is 0. The molecular formula is C13H19N3O3. The maximum absolute atomic E-state index is 11.7. The van der Waals surface area contributed by atoms with Gasteiger partial charge in [0.1, 0.15) is 0 Å². The van der Waals surface area contributed by atoms with Gasteiger partial charge in [-0.3, -0.25) is 0 Å². The summed E-state index contributed by atoms with van der Waals surface area (Å²) < 4.78 is 10.6. The van der Waals surface area contributed by atoms with Crippen LogP contribution in [0.15, 0.2) is 12.3 Å². The summed E-state index contributed by atoms with van der Waals surface area (Å²) in [6.45, 7) is 7.57. The van der Waals surface area contributed by atoms with E-state index in [-0.39, 0.29) is 12.2 Å². The van der Waals surface area contributed by atoms with Crippen molar-refractivity contribution in [2.75, 3.05) is 24.6 Å². The summed E-state index contributed by atoms with van der Waals surface area (Å²) in [5.41, 5.74) is 0.290. The van der Waals surface area contributed by atoms with Crippen molar-refractivity contribution in [3.63, 3.8) is 0 Å². The molecule has 0 spiro atoms. The second-order valence-electron chi connectivity index (χ2n) is 4.62. The predicted molar refractivity (Wildman–Crippen MR) is 70.2 cm³/mol. The molecule has 19 heavy (non-hydrogen) atoms. The highest BCUT2D eigenvalue weighted by molar-refractivity contribution is 5.87. The minimum absolute atomic E-state index is 0.124. The summed E-state index contributed by atoms with van der Waals surface area (Å²) in [5.74, 6) is 0.132. The molecule has 6 nitrogen and oxygen atoms in total. The maximum Gasteiger partial charge on any atom is 0.357 e. The van der Waals surface area contributed by atoms with Gasteiger partial charge in [-0.15, -0.1) is 0 Å². The molecule has 1 saturated heterocycles. The van der Waals surface area contributed by atoms with Gasteiger partial charge in [-0.1, -0.05) is 0 Å². The molecular weight excluding hydrogens is 246 g/mol. The monoisotopic (exact) mass is 265 g/mol. The zero-order chi connectivity index (χ0) is 13.8. The van der Waals surface area contributed by atoms with Crippen molar-refractivity contribution in [1.29, 1.82) is 0 Å². The molecule has 2 heterocycles. The molecule has 0 bridgehead atoms. The van der Waals surface area contributed by atoms with Crippen LogP contribution in [0, 0.1) is 0 Å². The normalized spacial score (nSPS) is 23.2. The van der Waals surface area contributed by atoms with E-state index in [1.54, 1.807) is 19.2 Å². The quantitative estimate of drug-likeness (QED) is 0.767. The van der Waals surface area contributed by atoms with E-state index in [9.17, 15) is 4.79 Å². The van der Waals surface area contributed by atoms with E-state index in [4.69, 9.17) is 9.47 Å². The van der Waals surface area contributed by atoms with E-state index in [0.717, 1.165) is 13.1 Å². The number of ether oxygens (including phenoxy) is 2. The van der Waals surface area contributed by atoms with Gasteiger partial charge in [-0.2, -0.15) is 0 Å². The number of carbonyl (C=O) groups is 1. The number of carbonyl (C=O) groups excluding carboxylic acids is 1. The van der Waals surface area contributed by atoms with Crippen LogP contribution in [0.25, 0.3) is 0 Å². The smallest absolute Gasteiger partial charge is 0.357 e. The highest BCUT2D eigenvalue weighted by atomic mass is 16.5. The number of hydrogen-bond donors (Lipinski definition) is 0. The topological polar surface area (TPSA) is 64.5 Å². The van der Waals surface area contributed by atoms with Crippen molar-refractivity contribution < 1.29 is 14.3 Å². The first kappa shape index (κ1) is 13.7. The highest BCUT2D eigenvalue weighted by Crippen LogP contribution is 2.16. The Bertz CT molecular complexity index is 443. The predicted octanol–water partition coefficient (Wildman–Crippen LogP) is 1.27. The van der Waals surface area contributed by atoms with Crippen molar-refractivity contribution in [2.24, 2.45) is 0 Å². The number of morpholine rings is 1. The Hall–Kier alpha value is -1.69. The van der Waals surface area contributed by atoms with Crippen molar-refractivity contribution >= 4 is 11.9 Å². The van der Waals surface area contributed by atoms with Crippen molar-refractivity contribution in [3.05, 3.63) is 18.0 Å². The highest BCUT2D eigenvalue weighted by Gasteiger charge is 2.24. The second kappa shape index (κ2) is 5.97. The third-order valence-electron chi connectivity index (χ3n) is 2.83. The van der Waals surface area contributed by atoms with Crippen molar-refractivity contribution in [2.45, 2.75) is 33.0 Å². The minimum atomic E-state index is -0.416. The zero-order valence-electron chi connectivity index (χ0n) is 11.5. The molecule has 2 unspecified atom stereocenters. The van der Waals surface area contributed by atoms with E-state index >= 15 is 0 Å². The molecule has 1 aliphatic rings. The lowest BCUT2D eigenvalue weighted by Gasteiger charge is -2.35. The molecule has 104 valence electrons. The van der Waals surface area contributed by atoms with E-state index in [0.29, 0.717) is 18.2 Å². The molecule has 0 radical (unpaired) electrons. The molecule has 1 fully saturated rings. The van der Waals surface area contributed by atoms with Gasteiger partial charge in [0, 0.05) is 19.3 Å². The fourth-order valence-electron chi connectivity index (χ4n) is 2.16. The molecule has 0 aliphatic carbocycles. The number of anilines is 1. The number of nitrogens with zero attached hydrogens (tertiary/aromatic N) is 3. The first-order chi connectivity index (χ1) is 9.10. The van der Waals surface area contributed by atoms with Crippen LogP contribution in [0.3, 0.4) is 0 Å². The Morgan fingerprint density at radius 3 is 2.79 bits per heavy atom. The van der Waals surface area contributed by atoms with Gasteiger partial charge < -0.3 is 14.4 Å². The molecule has 1 aromatic rings. The molecule has 6 heteroatoms. The van der Waals surface area contributed by atoms with E-state index < -0.39 is 5.97 Å². The Morgan fingerprint density at radius 2 is 2.16 bits per heavy atom. The van der Waals surface area contributed by atoms with Crippen LogP contribution in [0.5, 0.6) is 0 Å². The van der Waals surface area contributed by atoms with Crippen molar-refractivity contribution in [1.82, 2.24) is 9.97 Å². The molecule has 0 aromatic carbocycles. The van der Waals surface area contributed by atoms with Crippen molar-refractivity contribution in [3.8, 4) is 0 Å². The van der Waals surface area contributed by atoms with E-state index in [1.807, 2.05) is 18.7 Å². The summed E-state index contributed by atoms with van der Waals surface area (Å²) in [7, 11) is 0. The molecule has 1 aromatic heterocycles. The van der Waals surface area contributed by atoms with Gasteiger partial charge >= 0.3 is 5.97 Å². The SMILES string of the molecule is CCOC(=O)c1ccnc(N2CC(C)OC(C)C2)n1. The molecule has 0 saturated carbocycles. The van der Waals surface area contributed by atoms with Crippen LogP contribution in [0.2, 0.25) is 0 Å². The van der Waals surface area contributed by atoms with Crippen LogP contribution >= 0.6 is 0 Å². The van der Waals surface area contributed by atoms with Gasteiger partial charge in [0.05, 0.1) is 18.8 Å². The van der Waals surface area contributed by atoms with E-state index in [1.165, 1.54) is 0 Å². The number of hydrogen-bond acceptors (Lipinski definition) is 6. The van der Waals surface area contributed by atoms with Gasteiger partial charge in [0.15, 0.2) is 5.69 Å². The Kier molecular flexibility index (Phi) is 4.31. The number of aromatic nitrogens is 2. The minimum Gasteiger partial charge on any atom is -0.461 e. The fraction of sp³-hybridized carbons (Fsp3) is 0.615. The lowest BCUT2D eigenvalue weighted by atomic mass is 10.2. The summed E-state index contributed by atoms with van der Waals surface area (Å²) in [5, 5.41) is 0. The molecule has 2 atom stereocenters. The summed E-state index contributed by atoms with van der Waals surface area (Å²) in [4.78, 5) is 22.2. The second-order valence-corrected chi connectivity index (χ2v) is 4.62. The summed E-state index contributed by atoms with van der Waals surface area (Å²) in [6.07, 6.45) is 1.83. The Morgan fingerprint density at radius 1 is 1.47 bits per heavy atom. The summed E-state index contributed by atoms with van der Waals surface area (Å²) in [6, 6.07) is 1.56. The van der Waals surface area contributed by atoms with Crippen LogP contribution < -0.4 is 4.90 Å². The average molecular weight is 265 g/mol. The molecule has 0 amide bonds. The van der Waals surface area contributed by atoms with Gasteiger partial charge in [0.25, 0.3) is 0 Å². The van der Waals surface area contributed by atoms with Crippen LogP contribution in [0.1, 0.15) is 31.3 Å². The van der Waals surface area contributed by atoms with Crippen LogP contribution in [-0.4, -0.2) is 47.8 Å². The third-order valence-corrected chi connectivity index (χ3v) is 2.83. The third kappa shape index (κ3) is 3.41. The first-order valence-corrected chi connectivity index (χ1v) is 6.50. The van der Waals surface area contributed by atoms with Gasteiger partial charge in [-0.05, 0) is 26.8 Å². The standard InChI is InChI=1S/C13H19N3O3/c1-4-18-12(17)11-5-6-14-13(15-11)16-7-9(2)19-10(3)8-16/h5-6,9-10H,4,7-8H2,1-3H3. The molecule has 0 N–H and O–H groups in total. The molecule has 2 rings (SSSR count). The first-order valence-electron chi connectivity index (χ1n) is 6.50. The number of esters is 1. The largest absolute Gasteiger partial charge is 0.461 e. The zero-order valence-corrected chi connectivity index (χ0v) is 11.5. The van der Waals surface area contributed by atoms with Gasteiger partial charge in [-0.25, -0.2) is 14.8 Å². The lowest BCUT2D eigenvalue weighted by Crippen LogP contribution is -2.46. The van der Waals surface area contributed by atoms with E-state index in [2.05, 4.69) is 9.97 Å². The maximum atomic E-state index is 11.7. The van der Waals surface area contributed by atoms with Gasteiger partial charge in [0.2, 0.25) is 5.95 Å². The fourth-order valence-corrected chi connectivity index (χ4v) is 2.16. The van der Waals surface area contributed by atoms with Crippen LogP contribution in [0.4, 0.5) is 5.95 Å². The number of rotatable bonds is 3. The molecule has 1 aliphatic heterocycles. The lowest BCUT2D eigenvalue weighted by molar-refractivity contribution is -0.00572.